The maximum atomic E-state index is 12.1. The van der Waals surface area contributed by atoms with Crippen molar-refractivity contribution in [1.82, 2.24) is 9.55 Å². The third-order valence-corrected chi connectivity index (χ3v) is 4.29. The predicted molar refractivity (Wildman–Crippen MR) is 78.7 cm³/mol. The van der Waals surface area contributed by atoms with Gasteiger partial charge in [0.2, 0.25) is 5.91 Å². The van der Waals surface area contributed by atoms with Gasteiger partial charge in [0.05, 0.1) is 11.4 Å². The first-order valence-corrected chi connectivity index (χ1v) is 7.58. The molecule has 0 radical (unpaired) electrons. The number of rotatable bonds is 3. The number of carbonyl (C=O) groups excluding carboxylic acids is 1. The average Bonchev–Trinajstić information content (AvgIpc) is 3.08. The molecule has 0 aliphatic carbocycles. The van der Waals surface area contributed by atoms with Crippen LogP contribution in [-0.2, 0) is 16.6 Å². The minimum Gasteiger partial charge on any atom is -0.381 e. The van der Waals surface area contributed by atoms with Crippen molar-refractivity contribution in [3.8, 4) is 11.4 Å². The summed E-state index contributed by atoms with van der Waals surface area (Å²) < 4.78 is 7.28. The number of hydrogen-bond donors (Lipinski definition) is 1. The highest BCUT2D eigenvalue weighted by Gasteiger charge is 2.22. The maximum absolute atomic E-state index is 12.1. The lowest BCUT2D eigenvalue weighted by Gasteiger charge is -2.20. The molecule has 1 amide bonds. The SMILES string of the molecule is Cn1cccc1-c1csc(NC(=O)C2CCOCC2)n1. The molecule has 5 nitrogen and oxygen atoms in total. The monoisotopic (exact) mass is 291 g/mol. The molecular weight excluding hydrogens is 274 g/mol. The zero-order valence-electron chi connectivity index (χ0n) is 11.3. The van der Waals surface area contributed by atoms with Gasteiger partial charge in [-0.1, -0.05) is 0 Å². The number of hydrogen-bond acceptors (Lipinski definition) is 4. The summed E-state index contributed by atoms with van der Waals surface area (Å²) in [5, 5.41) is 5.55. The second-order valence-corrected chi connectivity index (χ2v) is 5.78. The van der Waals surface area contributed by atoms with Gasteiger partial charge < -0.3 is 14.6 Å². The Morgan fingerprint density at radius 1 is 1.50 bits per heavy atom. The fraction of sp³-hybridized carbons (Fsp3) is 0.429. The first kappa shape index (κ1) is 13.3. The van der Waals surface area contributed by atoms with Crippen LogP contribution in [-0.4, -0.2) is 28.7 Å². The quantitative estimate of drug-likeness (QED) is 0.945. The van der Waals surface area contributed by atoms with Gasteiger partial charge in [-0.3, -0.25) is 4.79 Å². The number of nitrogens with one attached hydrogen (secondary N) is 1. The zero-order valence-corrected chi connectivity index (χ0v) is 12.2. The van der Waals surface area contributed by atoms with Crippen LogP contribution >= 0.6 is 11.3 Å². The van der Waals surface area contributed by atoms with E-state index in [1.54, 1.807) is 0 Å². The molecule has 20 heavy (non-hydrogen) atoms. The Kier molecular flexibility index (Phi) is 3.84. The van der Waals surface area contributed by atoms with Gasteiger partial charge in [0.15, 0.2) is 5.13 Å². The van der Waals surface area contributed by atoms with E-state index in [1.165, 1.54) is 11.3 Å². The van der Waals surface area contributed by atoms with E-state index in [0.29, 0.717) is 18.3 Å². The van der Waals surface area contributed by atoms with E-state index in [9.17, 15) is 4.79 Å². The fourth-order valence-electron chi connectivity index (χ4n) is 2.34. The van der Waals surface area contributed by atoms with Crippen molar-refractivity contribution in [2.24, 2.45) is 13.0 Å². The van der Waals surface area contributed by atoms with Crippen LogP contribution in [0.2, 0.25) is 0 Å². The Balaban J connectivity index is 1.68. The summed E-state index contributed by atoms with van der Waals surface area (Å²) in [4.78, 5) is 16.6. The number of anilines is 1. The Morgan fingerprint density at radius 2 is 2.30 bits per heavy atom. The van der Waals surface area contributed by atoms with E-state index in [2.05, 4.69) is 10.3 Å². The van der Waals surface area contributed by atoms with Crippen molar-refractivity contribution < 1.29 is 9.53 Å². The van der Waals surface area contributed by atoms with Crippen LogP contribution in [0.25, 0.3) is 11.4 Å². The van der Waals surface area contributed by atoms with Crippen LogP contribution in [0.3, 0.4) is 0 Å². The number of carbonyl (C=O) groups is 1. The van der Waals surface area contributed by atoms with E-state index in [1.807, 2.05) is 35.3 Å². The molecule has 3 heterocycles. The topological polar surface area (TPSA) is 56.2 Å². The Hall–Kier alpha value is -1.66. The third-order valence-electron chi connectivity index (χ3n) is 3.53. The van der Waals surface area contributed by atoms with Gasteiger partial charge in [0, 0.05) is 37.8 Å². The van der Waals surface area contributed by atoms with Crippen molar-refractivity contribution in [3.05, 3.63) is 23.7 Å². The summed E-state index contributed by atoms with van der Waals surface area (Å²) in [5.74, 6) is 0.104. The molecule has 6 heteroatoms. The number of thiazole rings is 1. The first-order chi connectivity index (χ1) is 9.74. The molecule has 3 rings (SSSR count). The number of amides is 1. The normalized spacial score (nSPS) is 16.2. The fourth-order valence-corrected chi connectivity index (χ4v) is 3.05. The standard InChI is InChI=1S/C14H17N3O2S/c1-17-6-2-3-12(17)11-9-20-14(15-11)16-13(18)10-4-7-19-8-5-10/h2-3,6,9-10H,4-5,7-8H2,1H3,(H,15,16,18). The molecule has 106 valence electrons. The van der Waals surface area contributed by atoms with Gasteiger partial charge >= 0.3 is 0 Å². The number of nitrogens with zero attached hydrogens (tertiary/aromatic N) is 2. The molecule has 0 aromatic carbocycles. The molecule has 1 aliphatic heterocycles. The molecule has 1 N–H and O–H groups in total. The Morgan fingerprint density at radius 3 is 3.00 bits per heavy atom. The second-order valence-electron chi connectivity index (χ2n) is 4.92. The molecule has 2 aromatic heterocycles. The van der Waals surface area contributed by atoms with Crippen LogP contribution < -0.4 is 5.32 Å². The van der Waals surface area contributed by atoms with Gasteiger partial charge in [-0.15, -0.1) is 11.3 Å². The summed E-state index contributed by atoms with van der Waals surface area (Å²) in [7, 11) is 1.98. The Bertz CT molecular complexity index is 599. The summed E-state index contributed by atoms with van der Waals surface area (Å²) >= 11 is 1.46. The minimum atomic E-state index is 0.0473. The molecule has 1 saturated heterocycles. The molecule has 0 bridgehead atoms. The van der Waals surface area contributed by atoms with Gasteiger partial charge in [0.25, 0.3) is 0 Å². The van der Waals surface area contributed by atoms with Crippen molar-refractivity contribution in [3.63, 3.8) is 0 Å². The lowest BCUT2D eigenvalue weighted by Crippen LogP contribution is -2.28. The molecule has 0 spiro atoms. The van der Waals surface area contributed by atoms with Crippen molar-refractivity contribution >= 4 is 22.4 Å². The lowest BCUT2D eigenvalue weighted by molar-refractivity contribution is -0.122. The third kappa shape index (κ3) is 2.76. The smallest absolute Gasteiger partial charge is 0.229 e. The summed E-state index contributed by atoms with van der Waals surface area (Å²) in [6.07, 6.45) is 3.57. The maximum Gasteiger partial charge on any atom is 0.229 e. The van der Waals surface area contributed by atoms with E-state index in [-0.39, 0.29) is 11.8 Å². The Labute approximate surface area is 121 Å². The first-order valence-electron chi connectivity index (χ1n) is 6.70. The molecule has 0 unspecified atom stereocenters. The van der Waals surface area contributed by atoms with E-state index in [4.69, 9.17) is 4.74 Å². The molecule has 0 saturated carbocycles. The molecular formula is C14H17N3O2S. The summed E-state index contributed by atoms with van der Waals surface area (Å²) in [6.45, 7) is 1.34. The van der Waals surface area contributed by atoms with Gasteiger partial charge in [0.1, 0.15) is 0 Å². The van der Waals surface area contributed by atoms with Crippen LogP contribution in [0.4, 0.5) is 5.13 Å². The van der Waals surface area contributed by atoms with Gasteiger partial charge in [-0.2, -0.15) is 0 Å². The van der Waals surface area contributed by atoms with E-state index in [0.717, 1.165) is 24.2 Å². The summed E-state index contributed by atoms with van der Waals surface area (Å²) in [5.41, 5.74) is 1.94. The number of ether oxygens (including phenoxy) is 1. The van der Waals surface area contributed by atoms with Crippen LogP contribution in [0.15, 0.2) is 23.7 Å². The predicted octanol–water partition coefficient (Wildman–Crippen LogP) is 2.51. The zero-order chi connectivity index (χ0) is 13.9. The van der Waals surface area contributed by atoms with Gasteiger partial charge in [-0.05, 0) is 25.0 Å². The highest BCUT2D eigenvalue weighted by atomic mass is 32.1. The summed E-state index contributed by atoms with van der Waals surface area (Å²) in [6, 6.07) is 3.99. The van der Waals surface area contributed by atoms with Crippen LogP contribution in [0, 0.1) is 5.92 Å². The second kappa shape index (κ2) is 5.76. The lowest BCUT2D eigenvalue weighted by atomic mass is 10.00. The highest BCUT2D eigenvalue weighted by Crippen LogP contribution is 2.26. The van der Waals surface area contributed by atoms with E-state index >= 15 is 0 Å². The molecule has 1 fully saturated rings. The molecule has 2 aromatic rings. The molecule has 0 atom stereocenters. The highest BCUT2D eigenvalue weighted by molar-refractivity contribution is 7.14. The van der Waals surface area contributed by atoms with Crippen molar-refractivity contribution in [2.45, 2.75) is 12.8 Å². The minimum absolute atomic E-state index is 0.0473. The largest absolute Gasteiger partial charge is 0.381 e. The van der Waals surface area contributed by atoms with E-state index < -0.39 is 0 Å². The number of aryl methyl sites for hydroxylation is 1. The molecule has 1 aliphatic rings. The van der Waals surface area contributed by atoms with Crippen molar-refractivity contribution in [2.75, 3.05) is 18.5 Å². The average molecular weight is 291 g/mol. The van der Waals surface area contributed by atoms with Gasteiger partial charge in [-0.25, -0.2) is 4.98 Å². The van der Waals surface area contributed by atoms with Crippen molar-refractivity contribution in [1.29, 1.82) is 0 Å². The van der Waals surface area contributed by atoms with Crippen LogP contribution in [0.5, 0.6) is 0 Å². The van der Waals surface area contributed by atoms with Crippen LogP contribution in [0.1, 0.15) is 12.8 Å². The number of aromatic nitrogens is 2.